The first-order chi connectivity index (χ1) is 18.7. The van der Waals surface area contributed by atoms with Crippen molar-refractivity contribution in [3.8, 4) is 0 Å². The van der Waals surface area contributed by atoms with Crippen LogP contribution in [0, 0.1) is 5.82 Å². The molecular formula is C28H38FN3O6S. The number of hydrogen-bond donors (Lipinski definition) is 0. The zero-order valence-electron chi connectivity index (χ0n) is 22.6. The normalized spacial score (nSPS) is 14.5. The number of ether oxygens (including phenoxy) is 2. The van der Waals surface area contributed by atoms with Crippen LogP contribution in [-0.4, -0.2) is 92.6 Å². The van der Waals surface area contributed by atoms with Crippen molar-refractivity contribution >= 4 is 21.8 Å². The Morgan fingerprint density at radius 3 is 2.38 bits per heavy atom. The highest BCUT2D eigenvalue weighted by atomic mass is 32.2. The van der Waals surface area contributed by atoms with Gasteiger partial charge in [0.25, 0.3) is 0 Å². The van der Waals surface area contributed by atoms with Crippen LogP contribution in [0.15, 0.2) is 54.6 Å². The van der Waals surface area contributed by atoms with Crippen molar-refractivity contribution in [1.29, 1.82) is 0 Å². The minimum atomic E-state index is -3.64. The van der Waals surface area contributed by atoms with E-state index in [0.717, 1.165) is 9.87 Å². The number of halogens is 1. The third-order valence-corrected chi connectivity index (χ3v) is 8.60. The maximum absolute atomic E-state index is 13.9. The van der Waals surface area contributed by atoms with E-state index in [9.17, 15) is 22.4 Å². The van der Waals surface area contributed by atoms with Gasteiger partial charge in [-0.1, -0.05) is 42.5 Å². The van der Waals surface area contributed by atoms with E-state index in [2.05, 4.69) is 0 Å². The molecule has 0 atom stereocenters. The highest BCUT2D eigenvalue weighted by molar-refractivity contribution is 7.89. The van der Waals surface area contributed by atoms with Crippen LogP contribution >= 0.6 is 0 Å². The van der Waals surface area contributed by atoms with E-state index >= 15 is 0 Å². The Hall–Kier alpha value is -2.86. The summed E-state index contributed by atoms with van der Waals surface area (Å²) in [5.74, 6) is -1.04. The Labute approximate surface area is 230 Å². The fourth-order valence-electron chi connectivity index (χ4n) is 4.54. The predicted molar refractivity (Wildman–Crippen MR) is 146 cm³/mol. The summed E-state index contributed by atoms with van der Waals surface area (Å²) in [6, 6.07) is 15.4. The molecule has 0 spiro atoms. The molecule has 0 bridgehead atoms. The molecule has 1 aliphatic rings. The minimum Gasteiger partial charge on any atom is -0.383 e. The summed E-state index contributed by atoms with van der Waals surface area (Å²) in [5.41, 5.74) is 1.60. The van der Waals surface area contributed by atoms with Crippen LogP contribution in [-0.2, 0) is 42.2 Å². The molecule has 1 aliphatic heterocycles. The van der Waals surface area contributed by atoms with E-state index in [1.54, 1.807) is 21.9 Å². The molecule has 2 aromatic rings. The number of likely N-dealkylation sites (tertiary alicyclic amines) is 1. The van der Waals surface area contributed by atoms with Crippen molar-refractivity contribution in [3.63, 3.8) is 0 Å². The number of methoxy groups -OCH3 is 1. The molecule has 39 heavy (non-hydrogen) atoms. The van der Waals surface area contributed by atoms with Crippen molar-refractivity contribution in [1.82, 2.24) is 14.1 Å². The van der Waals surface area contributed by atoms with Gasteiger partial charge in [-0.25, -0.2) is 12.8 Å². The summed E-state index contributed by atoms with van der Waals surface area (Å²) in [5, 5.41) is 0. The first-order valence-corrected chi connectivity index (χ1v) is 14.7. The van der Waals surface area contributed by atoms with Gasteiger partial charge in [-0.15, -0.1) is 0 Å². The van der Waals surface area contributed by atoms with Gasteiger partial charge in [0.15, 0.2) is 0 Å². The van der Waals surface area contributed by atoms with Gasteiger partial charge in [0.05, 0.1) is 25.5 Å². The first-order valence-electron chi connectivity index (χ1n) is 13.1. The second-order valence-electron chi connectivity index (χ2n) is 9.47. The van der Waals surface area contributed by atoms with E-state index in [4.69, 9.17) is 9.47 Å². The summed E-state index contributed by atoms with van der Waals surface area (Å²) < 4.78 is 50.9. The third-order valence-electron chi connectivity index (χ3n) is 6.77. The van der Waals surface area contributed by atoms with Gasteiger partial charge in [-0.2, -0.15) is 4.31 Å². The van der Waals surface area contributed by atoms with Crippen LogP contribution in [0.4, 0.5) is 4.39 Å². The molecule has 0 N–H and O–H groups in total. The van der Waals surface area contributed by atoms with Crippen molar-refractivity contribution in [3.05, 3.63) is 71.5 Å². The number of nitrogens with zero attached hydrogens (tertiary/aromatic N) is 3. The Morgan fingerprint density at radius 2 is 1.74 bits per heavy atom. The van der Waals surface area contributed by atoms with Gasteiger partial charge in [0.2, 0.25) is 21.8 Å². The van der Waals surface area contributed by atoms with E-state index in [0.29, 0.717) is 38.1 Å². The molecule has 1 fully saturated rings. The molecule has 0 aliphatic carbocycles. The largest absolute Gasteiger partial charge is 0.383 e. The van der Waals surface area contributed by atoms with E-state index in [1.807, 2.05) is 30.3 Å². The lowest BCUT2D eigenvalue weighted by molar-refractivity contribution is -0.140. The summed E-state index contributed by atoms with van der Waals surface area (Å²) >= 11 is 0. The average molecular weight is 564 g/mol. The van der Waals surface area contributed by atoms with Crippen molar-refractivity contribution < 1.29 is 31.9 Å². The Balaban J connectivity index is 1.65. The highest BCUT2D eigenvalue weighted by Crippen LogP contribution is 2.21. The molecule has 0 saturated carbocycles. The molecule has 0 aromatic heterocycles. The Bertz CT molecular complexity index is 1170. The fraction of sp³-hybridized carbons (Fsp3) is 0.500. The molecule has 11 heteroatoms. The van der Waals surface area contributed by atoms with Gasteiger partial charge in [0.1, 0.15) is 12.4 Å². The Morgan fingerprint density at radius 1 is 1.05 bits per heavy atom. The van der Waals surface area contributed by atoms with E-state index in [-0.39, 0.29) is 56.5 Å². The molecule has 1 heterocycles. The SMILES string of the molecule is CCS(=O)(=O)N(CCOC)CC(=O)N(Cc1cccc(F)c1)C1CCN(C(=O)COCc2ccccc2)CC1. The molecule has 0 radical (unpaired) electrons. The van der Waals surface area contributed by atoms with Crippen LogP contribution in [0.3, 0.4) is 0 Å². The van der Waals surface area contributed by atoms with Crippen LogP contribution in [0.2, 0.25) is 0 Å². The minimum absolute atomic E-state index is 0.0329. The number of rotatable bonds is 14. The number of sulfonamides is 1. The molecule has 3 rings (SSSR count). The van der Waals surface area contributed by atoms with Crippen LogP contribution in [0.25, 0.3) is 0 Å². The molecule has 9 nitrogen and oxygen atoms in total. The van der Waals surface area contributed by atoms with Gasteiger partial charge in [-0.3, -0.25) is 9.59 Å². The van der Waals surface area contributed by atoms with Crippen molar-refractivity contribution in [2.75, 3.05) is 52.3 Å². The number of carbonyl (C=O) groups is 2. The first kappa shape index (κ1) is 30.7. The maximum Gasteiger partial charge on any atom is 0.248 e. The van der Waals surface area contributed by atoms with E-state index in [1.165, 1.54) is 26.2 Å². The molecule has 2 amide bonds. The topological polar surface area (TPSA) is 96.5 Å². The summed E-state index contributed by atoms with van der Waals surface area (Å²) in [4.78, 5) is 29.6. The zero-order chi connectivity index (χ0) is 28.3. The average Bonchev–Trinajstić information content (AvgIpc) is 2.94. The summed E-state index contributed by atoms with van der Waals surface area (Å²) in [7, 11) is -2.17. The number of benzene rings is 2. The number of hydrogen-bond acceptors (Lipinski definition) is 6. The zero-order valence-corrected chi connectivity index (χ0v) is 23.4. The number of piperidine rings is 1. The lowest BCUT2D eigenvalue weighted by atomic mass is 10.0. The second-order valence-corrected chi connectivity index (χ2v) is 11.7. The standard InChI is InChI=1S/C28H38FN3O6S/c1-3-39(35,36)31(16-17-37-2)20-27(33)32(19-24-10-7-11-25(29)18-24)26-12-14-30(15-13-26)28(34)22-38-21-23-8-5-4-6-9-23/h4-11,18,26H,3,12-17,19-22H2,1-2H3. The number of carbonyl (C=O) groups excluding carboxylic acids is 2. The molecule has 1 saturated heterocycles. The molecular weight excluding hydrogens is 525 g/mol. The quantitative estimate of drug-likeness (QED) is 0.351. The smallest absolute Gasteiger partial charge is 0.248 e. The molecule has 2 aromatic carbocycles. The van der Waals surface area contributed by atoms with Crippen molar-refractivity contribution in [2.45, 2.75) is 39.0 Å². The summed E-state index contributed by atoms with van der Waals surface area (Å²) in [6.07, 6.45) is 1.04. The maximum atomic E-state index is 13.9. The Kier molecular flexibility index (Phi) is 11.9. The van der Waals surface area contributed by atoms with Crippen molar-refractivity contribution in [2.24, 2.45) is 0 Å². The molecule has 214 valence electrons. The monoisotopic (exact) mass is 563 g/mol. The van der Waals surface area contributed by atoms with Crippen LogP contribution < -0.4 is 0 Å². The summed E-state index contributed by atoms with van der Waals surface area (Å²) in [6.45, 7) is 2.73. The third kappa shape index (κ3) is 9.38. The second kappa shape index (κ2) is 15.1. The molecule has 0 unspecified atom stereocenters. The van der Waals surface area contributed by atoms with Gasteiger partial charge < -0.3 is 19.3 Å². The predicted octanol–water partition coefficient (Wildman–Crippen LogP) is 2.66. The fourth-order valence-corrected chi connectivity index (χ4v) is 5.56. The number of amides is 2. The van der Waals surface area contributed by atoms with Gasteiger partial charge in [0, 0.05) is 39.3 Å². The van der Waals surface area contributed by atoms with Gasteiger partial charge >= 0.3 is 0 Å². The van der Waals surface area contributed by atoms with Crippen LogP contribution in [0.5, 0.6) is 0 Å². The lowest BCUT2D eigenvalue weighted by Crippen LogP contribution is -2.52. The van der Waals surface area contributed by atoms with Gasteiger partial charge in [-0.05, 0) is 43.0 Å². The lowest BCUT2D eigenvalue weighted by Gasteiger charge is -2.39. The highest BCUT2D eigenvalue weighted by Gasteiger charge is 2.32. The van der Waals surface area contributed by atoms with Crippen LogP contribution in [0.1, 0.15) is 30.9 Å². The van der Waals surface area contributed by atoms with E-state index < -0.39 is 15.8 Å².